The van der Waals surface area contributed by atoms with Gasteiger partial charge in [-0.15, -0.1) is 0 Å². The Bertz CT molecular complexity index is 765. The van der Waals surface area contributed by atoms with Crippen LogP contribution in [-0.2, 0) is 10.0 Å². The van der Waals surface area contributed by atoms with Crippen LogP contribution in [0.15, 0.2) is 53.4 Å². The van der Waals surface area contributed by atoms with Gasteiger partial charge in [0.2, 0.25) is 10.0 Å². The number of methoxy groups -OCH3 is 1. The van der Waals surface area contributed by atoms with E-state index >= 15 is 0 Å². The first-order valence-electron chi connectivity index (χ1n) is 8.11. The highest BCUT2D eigenvalue weighted by Gasteiger charge is 2.25. The van der Waals surface area contributed by atoms with Crippen molar-refractivity contribution in [2.24, 2.45) is 0 Å². The lowest BCUT2D eigenvalue weighted by Gasteiger charge is -2.25. The second kappa shape index (κ2) is 7.23. The SMILES string of the molecule is COc1ccc(Nc2ccc(S(=O)(=O)N3CCCCC3)cc2)cc1. The normalized spacial score (nSPS) is 15.9. The van der Waals surface area contributed by atoms with Gasteiger partial charge in [0.1, 0.15) is 5.75 Å². The summed E-state index contributed by atoms with van der Waals surface area (Å²) in [6.07, 6.45) is 2.99. The van der Waals surface area contributed by atoms with Gasteiger partial charge < -0.3 is 10.1 Å². The fraction of sp³-hybridized carbons (Fsp3) is 0.333. The molecule has 1 saturated heterocycles. The number of piperidine rings is 1. The van der Waals surface area contributed by atoms with E-state index in [4.69, 9.17) is 4.74 Å². The molecule has 0 radical (unpaired) electrons. The van der Waals surface area contributed by atoms with Crippen molar-refractivity contribution < 1.29 is 13.2 Å². The largest absolute Gasteiger partial charge is 0.497 e. The number of ether oxygens (including phenoxy) is 1. The average molecular weight is 346 g/mol. The third kappa shape index (κ3) is 3.71. The Labute approximate surface area is 143 Å². The van der Waals surface area contributed by atoms with E-state index in [1.54, 1.807) is 35.7 Å². The van der Waals surface area contributed by atoms with Crippen molar-refractivity contribution >= 4 is 21.4 Å². The second-order valence-electron chi connectivity index (χ2n) is 5.84. The van der Waals surface area contributed by atoms with Crippen LogP contribution in [-0.4, -0.2) is 32.9 Å². The van der Waals surface area contributed by atoms with Crippen molar-refractivity contribution in [1.29, 1.82) is 0 Å². The topological polar surface area (TPSA) is 58.6 Å². The predicted octanol–water partition coefficient (Wildman–Crippen LogP) is 3.61. The zero-order valence-corrected chi connectivity index (χ0v) is 14.6. The average Bonchev–Trinajstić information content (AvgIpc) is 2.63. The van der Waals surface area contributed by atoms with Gasteiger partial charge in [0, 0.05) is 24.5 Å². The molecule has 2 aromatic carbocycles. The van der Waals surface area contributed by atoms with Gasteiger partial charge in [-0.25, -0.2) is 8.42 Å². The third-order valence-corrected chi connectivity index (χ3v) is 6.10. The van der Waals surface area contributed by atoms with Gasteiger partial charge in [-0.3, -0.25) is 0 Å². The molecule has 1 N–H and O–H groups in total. The lowest BCUT2D eigenvalue weighted by molar-refractivity contribution is 0.346. The first kappa shape index (κ1) is 16.8. The molecular weight excluding hydrogens is 324 g/mol. The van der Waals surface area contributed by atoms with Crippen LogP contribution in [0, 0.1) is 0 Å². The van der Waals surface area contributed by atoms with Gasteiger partial charge in [0.15, 0.2) is 0 Å². The van der Waals surface area contributed by atoms with E-state index in [0.29, 0.717) is 18.0 Å². The van der Waals surface area contributed by atoms with Crippen molar-refractivity contribution in [3.05, 3.63) is 48.5 Å². The molecule has 3 rings (SSSR count). The minimum Gasteiger partial charge on any atom is -0.497 e. The summed E-state index contributed by atoms with van der Waals surface area (Å²) in [5.74, 6) is 0.795. The molecule has 0 saturated carbocycles. The number of hydrogen-bond acceptors (Lipinski definition) is 4. The summed E-state index contributed by atoms with van der Waals surface area (Å²) in [4.78, 5) is 0.352. The Morgan fingerprint density at radius 2 is 1.42 bits per heavy atom. The van der Waals surface area contributed by atoms with Crippen LogP contribution in [0.4, 0.5) is 11.4 Å². The number of benzene rings is 2. The van der Waals surface area contributed by atoms with Gasteiger partial charge in [-0.05, 0) is 61.4 Å². The zero-order chi connectivity index (χ0) is 17.0. The van der Waals surface area contributed by atoms with E-state index in [1.165, 1.54) is 0 Å². The van der Waals surface area contributed by atoms with E-state index in [9.17, 15) is 8.42 Å². The van der Waals surface area contributed by atoms with Crippen molar-refractivity contribution in [3.63, 3.8) is 0 Å². The zero-order valence-electron chi connectivity index (χ0n) is 13.7. The summed E-state index contributed by atoms with van der Waals surface area (Å²) in [5.41, 5.74) is 1.76. The summed E-state index contributed by atoms with van der Waals surface area (Å²) in [7, 11) is -1.74. The van der Waals surface area contributed by atoms with E-state index < -0.39 is 10.0 Å². The molecule has 2 aromatic rings. The minimum atomic E-state index is -3.37. The summed E-state index contributed by atoms with van der Waals surface area (Å²) in [6.45, 7) is 1.24. The van der Waals surface area contributed by atoms with Crippen LogP contribution >= 0.6 is 0 Å². The second-order valence-corrected chi connectivity index (χ2v) is 7.78. The fourth-order valence-corrected chi connectivity index (χ4v) is 4.32. The number of sulfonamides is 1. The standard InChI is InChI=1S/C18H22N2O3S/c1-23-17-9-5-15(6-10-17)19-16-7-11-18(12-8-16)24(21,22)20-13-3-2-4-14-20/h5-12,19H,2-4,13-14H2,1H3. The van der Waals surface area contributed by atoms with Crippen LogP contribution in [0.25, 0.3) is 0 Å². The Morgan fingerprint density at radius 3 is 1.96 bits per heavy atom. The molecule has 1 heterocycles. The molecule has 0 amide bonds. The van der Waals surface area contributed by atoms with Crippen LogP contribution in [0.5, 0.6) is 5.75 Å². The Morgan fingerprint density at radius 1 is 0.875 bits per heavy atom. The van der Waals surface area contributed by atoms with Gasteiger partial charge >= 0.3 is 0 Å². The molecule has 0 unspecified atom stereocenters. The molecule has 0 atom stereocenters. The number of nitrogens with zero attached hydrogens (tertiary/aromatic N) is 1. The molecule has 5 nitrogen and oxygen atoms in total. The van der Waals surface area contributed by atoms with E-state index in [-0.39, 0.29) is 0 Å². The van der Waals surface area contributed by atoms with Crippen LogP contribution in [0.3, 0.4) is 0 Å². The van der Waals surface area contributed by atoms with Crippen LogP contribution in [0.1, 0.15) is 19.3 Å². The lowest BCUT2D eigenvalue weighted by Crippen LogP contribution is -2.35. The van der Waals surface area contributed by atoms with Crippen molar-refractivity contribution in [2.75, 3.05) is 25.5 Å². The molecule has 1 aliphatic heterocycles. The maximum Gasteiger partial charge on any atom is 0.243 e. The van der Waals surface area contributed by atoms with Crippen molar-refractivity contribution in [1.82, 2.24) is 4.31 Å². The van der Waals surface area contributed by atoms with E-state index in [0.717, 1.165) is 36.4 Å². The molecule has 0 aliphatic carbocycles. The van der Waals surface area contributed by atoms with Gasteiger partial charge in [0.25, 0.3) is 0 Å². The summed E-state index contributed by atoms with van der Waals surface area (Å²) in [5, 5.41) is 3.25. The van der Waals surface area contributed by atoms with E-state index in [1.807, 2.05) is 24.3 Å². The number of anilines is 2. The Kier molecular flexibility index (Phi) is 5.06. The highest BCUT2D eigenvalue weighted by molar-refractivity contribution is 7.89. The quantitative estimate of drug-likeness (QED) is 0.898. The number of nitrogens with one attached hydrogen (secondary N) is 1. The fourth-order valence-electron chi connectivity index (χ4n) is 2.81. The predicted molar refractivity (Wildman–Crippen MR) is 95.3 cm³/mol. The van der Waals surface area contributed by atoms with Gasteiger partial charge in [-0.1, -0.05) is 6.42 Å². The van der Waals surface area contributed by atoms with Crippen LogP contribution < -0.4 is 10.1 Å². The van der Waals surface area contributed by atoms with E-state index in [2.05, 4.69) is 5.32 Å². The summed E-state index contributed by atoms with van der Waals surface area (Å²) in [6, 6.07) is 14.5. The molecule has 0 spiro atoms. The third-order valence-electron chi connectivity index (χ3n) is 4.19. The molecule has 1 fully saturated rings. The Hall–Kier alpha value is -2.05. The number of rotatable bonds is 5. The molecule has 128 valence electrons. The molecule has 6 heteroatoms. The molecule has 0 aromatic heterocycles. The Balaban J connectivity index is 1.72. The molecular formula is C18H22N2O3S. The van der Waals surface area contributed by atoms with Crippen LogP contribution in [0.2, 0.25) is 0 Å². The number of hydrogen-bond donors (Lipinski definition) is 1. The lowest BCUT2D eigenvalue weighted by atomic mass is 10.2. The molecule has 24 heavy (non-hydrogen) atoms. The first-order chi connectivity index (χ1) is 11.6. The monoisotopic (exact) mass is 346 g/mol. The van der Waals surface area contributed by atoms with Gasteiger partial charge in [0.05, 0.1) is 12.0 Å². The molecule has 0 bridgehead atoms. The van der Waals surface area contributed by atoms with Crippen molar-refractivity contribution in [2.45, 2.75) is 24.2 Å². The first-order valence-corrected chi connectivity index (χ1v) is 9.55. The summed E-state index contributed by atoms with van der Waals surface area (Å²) >= 11 is 0. The minimum absolute atomic E-state index is 0.352. The van der Waals surface area contributed by atoms with Gasteiger partial charge in [-0.2, -0.15) is 4.31 Å². The maximum absolute atomic E-state index is 12.6. The smallest absolute Gasteiger partial charge is 0.243 e. The highest BCUT2D eigenvalue weighted by atomic mass is 32.2. The summed E-state index contributed by atoms with van der Waals surface area (Å²) < 4.78 is 32.0. The van der Waals surface area contributed by atoms with Crippen molar-refractivity contribution in [3.8, 4) is 5.75 Å². The molecule has 1 aliphatic rings. The highest BCUT2D eigenvalue weighted by Crippen LogP contribution is 2.24. The maximum atomic E-state index is 12.6.